The van der Waals surface area contributed by atoms with E-state index in [1.807, 2.05) is 6.07 Å². The van der Waals surface area contributed by atoms with Crippen molar-refractivity contribution in [2.45, 2.75) is 32.3 Å². The molecule has 1 N–H and O–H groups in total. The molecule has 3 nitrogen and oxygen atoms in total. The summed E-state index contributed by atoms with van der Waals surface area (Å²) in [6.07, 6.45) is 3.53. The van der Waals surface area contributed by atoms with Crippen molar-refractivity contribution >= 4 is 15.9 Å². The van der Waals surface area contributed by atoms with Crippen LogP contribution in [0.1, 0.15) is 43.4 Å². The molecule has 0 radical (unpaired) electrons. The van der Waals surface area contributed by atoms with Crippen LogP contribution < -0.4 is 0 Å². The summed E-state index contributed by atoms with van der Waals surface area (Å²) in [5.41, 5.74) is 1.74. The van der Waals surface area contributed by atoms with Crippen LogP contribution in [-0.4, -0.2) is 35.1 Å². The summed E-state index contributed by atoms with van der Waals surface area (Å²) in [5, 5.41) is 11.9. The number of aromatic nitrogens is 1. The van der Waals surface area contributed by atoms with E-state index in [0.717, 1.165) is 28.7 Å². The number of rotatable bonds is 4. The van der Waals surface area contributed by atoms with E-state index in [1.165, 1.54) is 5.56 Å². The lowest BCUT2D eigenvalue weighted by Crippen LogP contribution is -2.63. The Hall–Kier alpha value is -1.23. The highest BCUT2D eigenvalue weighted by Gasteiger charge is 2.55. The van der Waals surface area contributed by atoms with Crippen LogP contribution >= 0.6 is 15.9 Å². The lowest BCUT2D eigenvalue weighted by Gasteiger charge is -2.55. The van der Waals surface area contributed by atoms with Crippen LogP contribution in [0, 0.1) is 5.41 Å². The first kappa shape index (κ1) is 17.6. The molecule has 1 aliphatic heterocycles. The van der Waals surface area contributed by atoms with Gasteiger partial charge < -0.3 is 10.0 Å². The van der Waals surface area contributed by atoms with E-state index in [9.17, 15) is 5.11 Å². The standard InChI is InChI=1S/C20H25BrN2O/c1-14(2)15-5-7-16(8-6-15)20(24,19(3)12-23(4)13-19)17-9-18(21)11-22-10-17/h5-11,14,24H,12-13H2,1-4H3/t20-/m0/s1. The molecule has 4 heteroatoms. The number of likely N-dealkylation sites (tertiary alicyclic amines) is 1. The molecule has 0 unspecified atom stereocenters. The quantitative estimate of drug-likeness (QED) is 0.853. The SMILES string of the molecule is CC(C)c1ccc([C@](O)(c2cncc(Br)c2)C2(C)CN(C)C2)cc1. The second kappa shape index (κ2) is 6.25. The second-order valence-corrected chi connectivity index (χ2v) is 8.53. The Labute approximate surface area is 152 Å². The molecule has 0 amide bonds. The van der Waals surface area contributed by atoms with Crippen LogP contribution in [0.25, 0.3) is 0 Å². The van der Waals surface area contributed by atoms with Gasteiger partial charge >= 0.3 is 0 Å². The van der Waals surface area contributed by atoms with Crippen molar-refractivity contribution in [1.29, 1.82) is 0 Å². The fourth-order valence-electron chi connectivity index (χ4n) is 3.96. The normalized spacial score (nSPS) is 19.8. The first-order chi connectivity index (χ1) is 11.3. The van der Waals surface area contributed by atoms with Crippen molar-refractivity contribution in [3.8, 4) is 0 Å². The van der Waals surface area contributed by atoms with Crippen LogP contribution in [0.2, 0.25) is 0 Å². The monoisotopic (exact) mass is 388 g/mol. The molecule has 0 aliphatic carbocycles. The number of benzene rings is 1. The third-order valence-corrected chi connectivity index (χ3v) is 5.66. The maximum atomic E-state index is 11.9. The average Bonchev–Trinajstić information content (AvgIpc) is 2.52. The molecule has 1 aromatic heterocycles. The molecule has 1 aliphatic rings. The molecular weight excluding hydrogens is 364 g/mol. The zero-order chi connectivity index (χ0) is 17.5. The van der Waals surface area contributed by atoms with Crippen molar-refractivity contribution in [3.05, 3.63) is 63.9 Å². The van der Waals surface area contributed by atoms with E-state index in [-0.39, 0.29) is 5.41 Å². The summed E-state index contributed by atoms with van der Waals surface area (Å²) >= 11 is 3.49. The Morgan fingerprint density at radius 2 is 1.79 bits per heavy atom. The van der Waals surface area contributed by atoms with E-state index in [2.05, 4.69) is 77.9 Å². The summed E-state index contributed by atoms with van der Waals surface area (Å²) in [7, 11) is 2.09. The van der Waals surface area contributed by atoms with Gasteiger partial charge in [-0.25, -0.2) is 0 Å². The molecule has 128 valence electrons. The van der Waals surface area contributed by atoms with Crippen molar-refractivity contribution in [2.75, 3.05) is 20.1 Å². The molecular formula is C20H25BrN2O. The van der Waals surface area contributed by atoms with Crippen LogP contribution in [0.15, 0.2) is 47.2 Å². The van der Waals surface area contributed by atoms with Crippen molar-refractivity contribution < 1.29 is 5.11 Å². The van der Waals surface area contributed by atoms with Crippen LogP contribution in [0.4, 0.5) is 0 Å². The molecule has 1 saturated heterocycles. The van der Waals surface area contributed by atoms with Gasteiger partial charge in [-0.3, -0.25) is 4.98 Å². The zero-order valence-electron chi connectivity index (χ0n) is 14.8. The molecule has 0 saturated carbocycles. The number of pyridine rings is 1. The second-order valence-electron chi connectivity index (χ2n) is 7.61. The average molecular weight is 389 g/mol. The van der Waals surface area contributed by atoms with Gasteiger partial charge in [-0.15, -0.1) is 0 Å². The summed E-state index contributed by atoms with van der Waals surface area (Å²) in [4.78, 5) is 6.53. The highest BCUT2D eigenvalue weighted by atomic mass is 79.9. The van der Waals surface area contributed by atoms with Crippen molar-refractivity contribution in [1.82, 2.24) is 9.88 Å². The smallest absolute Gasteiger partial charge is 0.124 e. The van der Waals surface area contributed by atoms with Crippen molar-refractivity contribution in [2.24, 2.45) is 5.41 Å². The third kappa shape index (κ3) is 2.81. The van der Waals surface area contributed by atoms with Gasteiger partial charge in [0.05, 0.1) is 0 Å². The van der Waals surface area contributed by atoms with Crippen LogP contribution in [-0.2, 0) is 5.60 Å². The largest absolute Gasteiger partial charge is 0.380 e. The van der Waals surface area contributed by atoms with Gasteiger partial charge in [-0.05, 0) is 46.1 Å². The lowest BCUT2D eigenvalue weighted by atomic mass is 9.62. The molecule has 2 aromatic rings. The molecule has 2 heterocycles. The molecule has 0 spiro atoms. The van der Waals surface area contributed by atoms with E-state index in [1.54, 1.807) is 12.4 Å². The minimum Gasteiger partial charge on any atom is -0.380 e. The van der Waals surface area contributed by atoms with Gasteiger partial charge in [0.2, 0.25) is 0 Å². The van der Waals surface area contributed by atoms with Crippen LogP contribution in [0.5, 0.6) is 0 Å². The Bertz CT molecular complexity index is 723. The van der Waals surface area contributed by atoms with Gasteiger partial charge in [0, 0.05) is 40.9 Å². The minimum absolute atomic E-state index is 0.246. The predicted octanol–water partition coefficient (Wildman–Crippen LogP) is 4.16. The van der Waals surface area contributed by atoms with E-state index in [4.69, 9.17) is 0 Å². The van der Waals surface area contributed by atoms with Crippen LogP contribution in [0.3, 0.4) is 0 Å². The van der Waals surface area contributed by atoms with Crippen molar-refractivity contribution in [3.63, 3.8) is 0 Å². The molecule has 1 aromatic carbocycles. The topological polar surface area (TPSA) is 36.4 Å². The lowest BCUT2D eigenvalue weighted by molar-refractivity contribution is -0.127. The number of hydrogen-bond acceptors (Lipinski definition) is 3. The molecule has 0 bridgehead atoms. The first-order valence-corrected chi connectivity index (χ1v) is 9.18. The Morgan fingerprint density at radius 3 is 2.29 bits per heavy atom. The fraction of sp³-hybridized carbons (Fsp3) is 0.450. The summed E-state index contributed by atoms with van der Waals surface area (Å²) in [6, 6.07) is 10.4. The number of aliphatic hydroxyl groups is 1. The number of nitrogens with zero attached hydrogens (tertiary/aromatic N) is 2. The van der Waals surface area contributed by atoms with E-state index < -0.39 is 5.60 Å². The van der Waals surface area contributed by atoms with E-state index in [0.29, 0.717) is 5.92 Å². The summed E-state index contributed by atoms with van der Waals surface area (Å²) in [5.74, 6) is 0.477. The molecule has 24 heavy (non-hydrogen) atoms. The third-order valence-electron chi connectivity index (χ3n) is 5.23. The first-order valence-electron chi connectivity index (χ1n) is 8.39. The maximum absolute atomic E-state index is 11.9. The Kier molecular flexibility index (Phi) is 4.58. The molecule has 1 fully saturated rings. The zero-order valence-corrected chi connectivity index (χ0v) is 16.3. The van der Waals surface area contributed by atoms with Gasteiger partial charge in [0.15, 0.2) is 0 Å². The fourth-order valence-corrected chi connectivity index (χ4v) is 4.32. The Morgan fingerprint density at radius 1 is 1.17 bits per heavy atom. The van der Waals surface area contributed by atoms with E-state index >= 15 is 0 Å². The number of halogens is 1. The maximum Gasteiger partial charge on any atom is 0.124 e. The molecule has 3 rings (SSSR count). The number of hydrogen-bond donors (Lipinski definition) is 1. The van der Waals surface area contributed by atoms with Gasteiger partial charge in [-0.1, -0.05) is 45.0 Å². The summed E-state index contributed by atoms with van der Waals surface area (Å²) in [6.45, 7) is 8.22. The molecule has 1 atom stereocenters. The van der Waals surface area contributed by atoms with Gasteiger partial charge in [-0.2, -0.15) is 0 Å². The predicted molar refractivity (Wildman–Crippen MR) is 101 cm³/mol. The van der Waals surface area contributed by atoms with Gasteiger partial charge in [0.1, 0.15) is 5.60 Å². The Balaban J connectivity index is 2.12. The minimum atomic E-state index is -1.06. The summed E-state index contributed by atoms with van der Waals surface area (Å²) < 4.78 is 0.883. The highest BCUT2D eigenvalue weighted by molar-refractivity contribution is 9.10. The van der Waals surface area contributed by atoms with Gasteiger partial charge in [0.25, 0.3) is 0 Å². The highest BCUT2D eigenvalue weighted by Crippen LogP contribution is 2.50.